The Morgan fingerprint density at radius 1 is 1.27 bits per heavy atom. The van der Waals surface area contributed by atoms with Crippen molar-refractivity contribution >= 4 is 5.69 Å². The Hall–Kier alpha value is -1.02. The van der Waals surface area contributed by atoms with Gasteiger partial charge in [-0.15, -0.1) is 0 Å². The molecule has 2 heteroatoms. The van der Waals surface area contributed by atoms with E-state index in [1.54, 1.807) is 0 Å². The fourth-order valence-electron chi connectivity index (χ4n) is 2.27. The molecule has 1 aromatic rings. The van der Waals surface area contributed by atoms with Gasteiger partial charge in [-0.2, -0.15) is 0 Å². The first-order valence-corrected chi connectivity index (χ1v) is 5.64. The molecule has 2 nitrogen and oxygen atoms in total. The molecule has 1 N–H and O–H groups in total. The predicted octanol–water partition coefficient (Wildman–Crippen LogP) is 2.18. The highest BCUT2D eigenvalue weighted by atomic mass is 15.2. The van der Waals surface area contributed by atoms with E-state index in [0.29, 0.717) is 0 Å². The maximum atomic E-state index is 3.54. The highest BCUT2D eigenvalue weighted by Crippen LogP contribution is 2.22. The van der Waals surface area contributed by atoms with Crippen molar-refractivity contribution in [2.75, 3.05) is 24.5 Å². The average Bonchev–Trinajstić information content (AvgIpc) is 2.17. The quantitative estimate of drug-likeness (QED) is 0.754. The molecule has 1 heterocycles. The van der Waals surface area contributed by atoms with E-state index >= 15 is 0 Å². The molecule has 1 fully saturated rings. The van der Waals surface area contributed by atoms with E-state index < -0.39 is 0 Å². The van der Waals surface area contributed by atoms with Crippen molar-refractivity contribution in [3.05, 3.63) is 29.8 Å². The number of aryl methyl sites for hydroxylation is 1. The first-order chi connectivity index (χ1) is 7.08. The van der Waals surface area contributed by atoms with Gasteiger partial charge < -0.3 is 10.2 Å². The monoisotopic (exact) mass is 204 g/mol. The van der Waals surface area contributed by atoms with Crippen molar-refractivity contribution in [2.45, 2.75) is 26.3 Å². The fourth-order valence-corrected chi connectivity index (χ4v) is 2.27. The summed E-state index contributed by atoms with van der Waals surface area (Å²) in [6, 6.07) is 8.63. The van der Waals surface area contributed by atoms with Crippen LogP contribution in [0.3, 0.4) is 0 Å². The molecule has 1 aromatic carbocycles. The molecule has 15 heavy (non-hydrogen) atoms. The molecular weight excluding hydrogens is 184 g/mol. The van der Waals surface area contributed by atoms with E-state index in [1.165, 1.54) is 11.3 Å². The van der Waals surface area contributed by atoms with Crippen LogP contribution >= 0.6 is 0 Å². The van der Waals surface area contributed by atoms with Crippen LogP contribution in [0.2, 0.25) is 0 Å². The van der Waals surface area contributed by atoms with Gasteiger partial charge in [-0.25, -0.2) is 0 Å². The largest absolute Gasteiger partial charge is 0.368 e. The molecule has 0 atom stereocenters. The van der Waals surface area contributed by atoms with Crippen molar-refractivity contribution in [1.29, 1.82) is 0 Å². The highest BCUT2D eigenvalue weighted by Gasteiger charge is 2.26. The molecule has 1 aliphatic rings. The molecule has 1 saturated heterocycles. The standard InChI is InChI=1S/C13H20N2/c1-11-6-4-5-7-12(11)15-9-8-14-13(2,3)10-15/h4-7,14H,8-10H2,1-3H3. The Balaban J connectivity index is 2.21. The number of para-hydroxylation sites is 1. The van der Waals surface area contributed by atoms with Crippen LogP contribution in [0.25, 0.3) is 0 Å². The Morgan fingerprint density at radius 2 is 2.00 bits per heavy atom. The summed E-state index contributed by atoms with van der Waals surface area (Å²) in [4.78, 5) is 2.48. The summed E-state index contributed by atoms with van der Waals surface area (Å²) in [6.07, 6.45) is 0. The molecule has 0 amide bonds. The van der Waals surface area contributed by atoms with Crippen molar-refractivity contribution in [2.24, 2.45) is 0 Å². The third kappa shape index (κ3) is 2.32. The van der Waals surface area contributed by atoms with Crippen molar-refractivity contribution in [1.82, 2.24) is 5.32 Å². The van der Waals surface area contributed by atoms with Gasteiger partial charge in [-0.05, 0) is 32.4 Å². The SMILES string of the molecule is Cc1ccccc1N1CCNC(C)(C)C1. The van der Waals surface area contributed by atoms with Crippen LogP contribution in [0.15, 0.2) is 24.3 Å². The fraction of sp³-hybridized carbons (Fsp3) is 0.538. The van der Waals surface area contributed by atoms with Gasteiger partial charge in [0, 0.05) is 30.9 Å². The zero-order valence-corrected chi connectivity index (χ0v) is 9.88. The smallest absolute Gasteiger partial charge is 0.0396 e. The topological polar surface area (TPSA) is 15.3 Å². The van der Waals surface area contributed by atoms with E-state index in [9.17, 15) is 0 Å². The normalized spacial score (nSPS) is 20.3. The summed E-state index contributed by atoms with van der Waals surface area (Å²) in [5.74, 6) is 0. The van der Waals surface area contributed by atoms with Crippen molar-refractivity contribution in [3.63, 3.8) is 0 Å². The number of hydrogen-bond acceptors (Lipinski definition) is 2. The minimum atomic E-state index is 0.223. The molecule has 0 aliphatic carbocycles. The van der Waals surface area contributed by atoms with Crippen LogP contribution in [-0.2, 0) is 0 Å². The van der Waals surface area contributed by atoms with Crippen LogP contribution in [0.1, 0.15) is 19.4 Å². The third-order valence-corrected chi connectivity index (χ3v) is 3.03. The number of benzene rings is 1. The molecule has 82 valence electrons. The Morgan fingerprint density at radius 3 is 2.67 bits per heavy atom. The van der Waals surface area contributed by atoms with Gasteiger partial charge in [0.05, 0.1) is 0 Å². The second-order valence-electron chi connectivity index (χ2n) is 5.02. The Labute approximate surface area is 92.3 Å². The van der Waals surface area contributed by atoms with Crippen LogP contribution < -0.4 is 10.2 Å². The predicted molar refractivity (Wildman–Crippen MR) is 65.5 cm³/mol. The van der Waals surface area contributed by atoms with Gasteiger partial charge in [-0.1, -0.05) is 18.2 Å². The molecule has 0 saturated carbocycles. The zero-order chi connectivity index (χ0) is 10.9. The van der Waals surface area contributed by atoms with Gasteiger partial charge in [0.25, 0.3) is 0 Å². The number of nitrogens with zero attached hydrogens (tertiary/aromatic N) is 1. The maximum Gasteiger partial charge on any atom is 0.0396 e. The summed E-state index contributed by atoms with van der Waals surface area (Å²) < 4.78 is 0. The second kappa shape index (κ2) is 3.86. The molecule has 0 aromatic heterocycles. The number of hydrogen-bond donors (Lipinski definition) is 1. The summed E-state index contributed by atoms with van der Waals surface area (Å²) >= 11 is 0. The number of nitrogens with one attached hydrogen (secondary N) is 1. The molecule has 0 radical (unpaired) electrons. The Bertz CT molecular complexity index is 344. The maximum absolute atomic E-state index is 3.54. The summed E-state index contributed by atoms with van der Waals surface area (Å²) in [6.45, 7) is 9.96. The molecule has 0 unspecified atom stereocenters. The van der Waals surface area contributed by atoms with Gasteiger partial charge >= 0.3 is 0 Å². The lowest BCUT2D eigenvalue weighted by atomic mass is 10.0. The second-order valence-corrected chi connectivity index (χ2v) is 5.02. The van der Waals surface area contributed by atoms with E-state index in [2.05, 4.69) is 55.3 Å². The molecule has 1 aliphatic heterocycles. The summed E-state index contributed by atoms with van der Waals surface area (Å²) in [5.41, 5.74) is 2.97. The summed E-state index contributed by atoms with van der Waals surface area (Å²) in [7, 11) is 0. The molecule has 0 spiro atoms. The van der Waals surface area contributed by atoms with E-state index in [-0.39, 0.29) is 5.54 Å². The van der Waals surface area contributed by atoms with Crippen LogP contribution in [0.5, 0.6) is 0 Å². The first kappa shape index (κ1) is 10.5. The first-order valence-electron chi connectivity index (χ1n) is 5.64. The zero-order valence-electron chi connectivity index (χ0n) is 9.88. The number of piperazine rings is 1. The van der Waals surface area contributed by atoms with Gasteiger partial charge in [0.1, 0.15) is 0 Å². The number of anilines is 1. The lowest BCUT2D eigenvalue weighted by molar-refractivity contribution is 0.353. The van der Waals surface area contributed by atoms with Crippen molar-refractivity contribution in [3.8, 4) is 0 Å². The summed E-state index contributed by atoms with van der Waals surface area (Å²) in [5, 5.41) is 3.54. The van der Waals surface area contributed by atoms with Crippen LogP contribution in [0, 0.1) is 6.92 Å². The minimum absolute atomic E-state index is 0.223. The van der Waals surface area contributed by atoms with E-state index in [1.807, 2.05) is 0 Å². The average molecular weight is 204 g/mol. The molecule has 2 rings (SSSR count). The molecular formula is C13H20N2. The number of rotatable bonds is 1. The third-order valence-electron chi connectivity index (χ3n) is 3.03. The molecule has 0 bridgehead atoms. The lowest BCUT2D eigenvalue weighted by Crippen LogP contribution is -2.57. The van der Waals surface area contributed by atoms with Crippen molar-refractivity contribution < 1.29 is 0 Å². The lowest BCUT2D eigenvalue weighted by Gasteiger charge is -2.41. The Kier molecular flexibility index (Phi) is 2.70. The minimum Gasteiger partial charge on any atom is -0.368 e. The highest BCUT2D eigenvalue weighted by molar-refractivity contribution is 5.53. The van der Waals surface area contributed by atoms with E-state index in [4.69, 9.17) is 0 Å². The van der Waals surface area contributed by atoms with Crippen LogP contribution in [0.4, 0.5) is 5.69 Å². The van der Waals surface area contributed by atoms with Gasteiger partial charge in [0.2, 0.25) is 0 Å². The van der Waals surface area contributed by atoms with Gasteiger partial charge in [0.15, 0.2) is 0 Å². The van der Waals surface area contributed by atoms with Crippen LogP contribution in [-0.4, -0.2) is 25.2 Å². The van der Waals surface area contributed by atoms with Gasteiger partial charge in [-0.3, -0.25) is 0 Å². The van der Waals surface area contributed by atoms with E-state index in [0.717, 1.165) is 19.6 Å².